The van der Waals surface area contributed by atoms with Crippen LogP contribution in [-0.4, -0.2) is 22.1 Å². The van der Waals surface area contributed by atoms with Gasteiger partial charge < -0.3 is 4.74 Å². The van der Waals surface area contributed by atoms with Gasteiger partial charge in [0.25, 0.3) is 5.56 Å². The predicted molar refractivity (Wildman–Crippen MR) is 123 cm³/mol. The highest BCUT2D eigenvalue weighted by atomic mass is 32.1. The van der Waals surface area contributed by atoms with Crippen LogP contribution in [0.3, 0.4) is 0 Å². The minimum Gasteiger partial charge on any atom is -0.464 e. The van der Waals surface area contributed by atoms with E-state index in [4.69, 9.17) is 9.72 Å². The van der Waals surface area contributed by atoms with Crippen molar-refractivity contribution in [2.45, 2.75) is 65.8 Å². The smallest absolute Gasteiger partial charge is 0.331 e. The van der Waals surface area contributed by atoms with Crippen LogP contribution in [0.4, 0.5) is 0 Å². The van der Waals surface area contributed by atoms with E-state index in [1.165, 1.54) is 21.5 Å². The van der Waals surface area contributed by atoms with Crippen LogP contribution in [0.2, 0.25) is 0 Å². The quantitative estimate of drug-likeness (QED) is 0.521. The van der Waals surface area contributed by atoms with Gasteiger partial charge >= 0.3 is 5.97 Å². The molecule has 1 aromatic carbocycles. The lowest BCUT2D eigenvalue weighted by Gasteiger charge is -2.27. The maximum absolute atomic E-state index is 13.7. The Kier molecular flexibility index (Phi) is 5.92. The summed E-state index contributed by atoms with van der Waals surface area (Å²) in [6.07, 6.45) is 0.543. The van der Waals surface area contributed by atoms with E-state index in [2.05, 4.69) is 45.0 Å². The number of carbonyl (C=O) groups is 1. The molecule has 0 aliphatic rings. The largest absolute Gasteiger partial charge is 0.464 e. The molecule has 3 rings (SSSR count). The van der Waals surface area contributed by atoms with Gasteiger partial charge in [-0.1, -0.05) is 52.0 Å². The van der Waals surface area contributed by atoms with Gasteiger partial charge in [0.1, 0.15) is 16.2 Å². The lowest BCUT2D eigenvalue weighted by Crippen LogP contribution is -2.45. The highest BCUT2D eigenvalue weighted by Crippen LogP contribution is 2.33. The normalized spacial score (nSPS) is 12.4. The van der Waals surface area contributed by atoms with Crippen molar-refractivity contribution in [1.29, 1.82) is 0 Å². The number of aryl methyl sites for hydroxylation is 1. The lowest BCUT2D eigenvalue weighted by molar-refractivity contribution is -0.152. The van der Waals surface area contributed by atoms with Crippen LogP contribution >= 0.6 is 11.3 Å². The van der Waals surface area contributed by atoms with E-state index in [-0.39, 0.29) is 17.6 Å². The molecule has 160 valence electrons. The third-order valence-electron chi connectivity index (χ3n) is 5.39. The number of rotatable bonds is 5. The Labute approximate surface area is 181 Å². The number of hydrogen-bond acceptors (Lipinski definition) is 5. The summed E-state index contributed by atoms with van der Waals surface area (Å²) in [4.78, 5) is 31.7. The van der Waals surface area contributed by atoms with E-state index in [0.717, 1.165) is 11.1 Å². The molecule has 3 aromatic rings. The Balaban J connectivity index is 2.23. The molecule has 2 aromatic heterocycles. The molecule has 0 saturated heterocycles. The molecule has 0 radical (unpaired) electrons. The topological polar surface area (TPSA) is 61.2 Å². The van der Waals surface area contributed by atoms with Gasteiger partial charge in [0, 0.05) is 17.4 Å². The number of hydrogen-bond donors (Lipinski definition) is 0. The molecule has 0 bridgehead atoms. The minimum atomic E-state index is -1.14. The van der Waals surface area contributed by atoms with E-state index in [0.29, 0.717) is 22.5 Å². The summed E-state index contributed by atoms with van der Waals surface area (Å²) < 4.78 is 6.75. The van der Waals surface area contributed by atoms with Crippen LogP contribution in [0.15, 0.2) is 34.4 Å². The van der Waals surface area contributed by atoms with Crippen LogP contribution in [0.5, 0.6) is 0 Å². The Morgan fingerprint density at radius 1 is 1.10 bits per heavy atom. The Morgan fingerprint density at radius 3 is 2.27 bits per heavy atom. The van der Waals surface area contributed by atoms with Gasteiger partial charge in [-0.05, 0) is 37.3 Å². The van der Waals surface area contributed by atoms with Crippen molar-refractivity contribution in [1.82, 2.24) is 9.55 Å². The number of aromatic nitrogens is 2. The maximum Gasteiger partial charge on any atom is 0.331 e. The molecule has 0 spiro atoms. The first-order chi connectivity index (χ1) is 14.0. The van der Waals surface area contributed by atoms with Gasteiger partial charge in [-0.3, -0.25) is 9.36 Å². The van der Waals surface area contributed by atoms with Gasteiger partial charge in [0.15, 0.2) is 0 Å². The van der Waals surface area contributed by atoms with Crippen LogP contribution < -0.4 is 5.56 Å². The summed E-state index contributed by atoms with van der Waals surface area (Å²) in [6.45, 7) is 13.9. The summed E-state index contributed by atoms with van der Waals surface area (Å²) in [5.74, 6) is 0.149. The van der Waals surface area contributed by atoms with Crippen molar-refractivity contribution in [3.8, 4) is 11.1 Å². The zero-order chi connectivity index (χ0) is 22.3. The lowest BCUT2D eigenvalue weighted by atomic mass is 9.86. The fraction of sp³-hybridized carbons (Fsp3) is 0.458. The fourth-order valence-corrected chi connectivity index (χ4v) is 4.56. The zero-order valence-electron chi connectivity index (χ0n) is 18.8. The summed E-state index contributed by atoms with van der Waals surface area (Å²) >= 11 is 1.46. The van der Waals surface area contributed by atoms with Crippen molar-refractivity contribution < 1.29 is 9.53 Å². The van der Waals surface area contributed by atoms with Crippen LogP contribution in [0, 0.1) is 0 Å². The second-order valence-electron chi connectivity index (χ2n) is 8.96. The van der Waals surface area contributed by atoms with Crippen LogP contribution in [-0.2, 0) is 26.9 Å². The molecular weight excluding hydrogens is 396 g/mol. The van der Waals surface area contributed by atoms with Gasteiger partial charge in [0.2, 0.25) is 0 Å². The molecule has 30 heavy (non-hydrogen) atoms. The summed E-state index contributed by atoms with van der Waals surface area (Å²) in [5.41, 5.74) is 1.77. The highest BCUT2D eigenvalue weighted by Gasteiger charge is 2.35. The first-order valence-electron chi connectivity index (χ1n) is 10.3. The molecule has 6 heteroatoms. The van der Waals surface area contributed by atoms with E-state index < -0.39 is 11.5 Å². The standard InChI is InChI=1S/C24H30N2O3S/c1-8-18-25-20-19(21(27)26(18)24(6,7)22(28)29-9-2)17(14-30-20)15-10-12-16(13-11-15)23(3,4)5/h10-14H,8-9H2,1-7H3. The van der Waals surface area contributed by atoms with E-state index in [1.54, 1.807) is 20.8 Å². The number of nitrogens with zero attached hydrogens (tertiary/aromatic N) is 2. The Hall–Kier alpha value is -2.47. The van der Waals surface area contributed by atoms with Gasteiger partial charge in [-0.2, -0.15) is 0 Å². The molecule has 0 unspecified atom stereocenters. The second-order valence-corrected chi connectivity index (χ2v) is 9.82. The molecule has 0 N–H and O–H groups in total. The number of benzene rings is 1. The number of ether oxygens (including phenoxy) is 1. The number of fused-ring (bicyclic) bond motifs is 1. The van der Waals surface area contributed by atoms with Crippen molar-refractivity contribution in [2.24, 2.45) is 0 Å². The van der Waals surface area contributed by atoms with E-state index in [1.807, 2.05) is 12.3 Å². The SMILES string of the molecule is CCOC(=O)C(C)(C)n1c(CC)nc2scc(-c3ccc(C(C)(C)C)cc3)c2c1=O. The van der Waals surface area contributed by atoms with Crippen molar-refractivity contribution in [3.63, 3.8) is 0 Å². The van der Waals surface area contributed by atoms with Crippen molar-refractivity contribution in [3.05, 3.63) is 51.4 Å². The van der Waals surface area contributed by atoms with E-state index >= 15 is 0 Å². The summed E-state index contributed by atoms with van der Waals surface area (Å²) in [5, 5.41) is 2.53. The minimum absolute atomic E-state index is 0.0587. The Bertz CT molecular complexity index is 1130. The first-order valence-corrected chi connectivity index (χ1v) is 11.2. The monoisotopic (exact) mass is 426 g/mol. The van der Waals surface area contributed by atoms with Crippen molar-refractivity contribution >= 4 is 27.5 Å². The van der Waals surface area contributed by atoms with Crippen LogP contribution in [0.1, 0.15) is 59.9 Å². The van der Waals surface area contributed by atoms with Gasteiger partial charge in [-0.15, -0.1) is 11.3 Å². The molecule has 5 nitrogen and oxygen atoms in total. The number of esters is 1. The average molecular weight is 427 g/mol. The molecule has 0 fully saturated rings. The molecule has 0 aliphatic heterocycles. The first kappa shape index (κ1) is 22.2. The summed E-state index contributed by atoms with van der Waals surface area (Å²) in [7, 11) is 0. The van der Waals surface area contributed by atoms with E-state index in [9.17, 15) is 9.59 Å². The summed E-state index contributed by atoms with van der Waals surface area (Å²) in [6, 6.07) is 8.31. The Morgan fingerprint density at radius 2 is 1.73 bits per heavy atom. The molecule has 0 atom stereocenters. The third-order valence-corrected chi connectivity index (χ3v) is 6.26. The molecule has 0 amide bonds. The maximum atomic E-state index is 13.7. The number of thiophene rings is 1. The molecule has 0 saturated carbocycles. The molecule has 2 heterocycles. The van der Waals surface area contributed by atoms with Gasteiger partial charge in [0.05, 0.1) is 12.0 Å². The third kappa shape index (κ3) is 3.81. The molecule has 0 aliphatic carbocycles. The number of carbonyl (C=O) groups excluding carboxylic acids is 1. The highest BCUT2D eigenvalue weighted by molar-refractivity contribution is 7.17. The van der Waals surface area contributed by atoms with Crippen molar-refractivity contribution in [2.75, 3.05) is 6.61 Å². The molecular formula is C24H30N2O3S. The second kappa shape index (κ2) is 7.99. The van der Waals surface area contributed by atoms with Crippen LogP contribution in [0.25, 0.3) is 21.3 Å². The fourth-order valence-electron chi connectivity index (χ4n) is 3.61. The zero-order valence-corrected chi connectivity index (χ0v) is 19.6. The predicted octanol–water partition coefficient (Wildman–Crippen LogP) is 5.28. The average Bonchev–Trinajstić information content (AvgIpc) is 3.11. The van der Waals surface area contributed by atoms with Gasteiger partial charge in [-0.25, -0.2) is 9.78 Å².